The van der Waals surface area contributed by atoms with Gasteiger partial charge in [-0.15, -0.1) is 0 Å². The summed E-state index contributed by atoms with van der Waals surface area (Å²) in [5.74, 6) is 1.68. The second kappa shape index (κ2) is 7.27. The molecule has 1 aromatic rings. The molecule has 2 fully saturated rings. The monoisotopic (exact) mass is 358 g/mol. The lowest BCUT2D eigenvalue weighted by Gasteiger charge is -2.43. The average Bonchev–Trinajstić information content (AvgIpc) is 3.08. The second-order valence-corrected chi connectivity index (χ2v) is 7.58. The van der Waals surface area contributed by atoms with Gasteiger partial charge in [-0.05, 0) is 51.1 Å². The Morgan fingerprint density at radius 1 is 1.12 bits per heavy atom. The highest BCUT2D eigenvalue weighted by Gasteiger charge is 2.34. The second-order valence-electron chi connectivity index (χ2n) is 7.58. The highest BCUT2D eigenvalue weighted by molar-refractivity contribution is 6.05. The van der Waals surface area contributed by atoms with Gasteiger partial charge < -0.3 is 14.8 Å². The summed E-state index contributed by atoms with van der Waals surface area (Å²) in [5, 5.41) is 2.93. The molecule has 1 saturated heterocycles. The lowest BCUT2D eigenvalue weighted by Crippen LogP contribution is -2.49. The number of benzene rings is 1. The SMILES string of the molecule is CC(=O)c1cc2c(cc1NC(=O)CN1CCC[C@H]3CCCC[C@@H]31)OCO2. The maximum absolute atomic E-state index is 12.7. The predicted molar refractivity (Wildman–Crippen MR) is 97.8 cm³/mol. The van der Waals surface area contributed by atoms with Gasteiger partial charge in [-0.3, -0.25) is 14.5 Å². The Kier molecular flexibility index (Phi) is 4.85. The fourth-order valence-electron chi connectivity index (χ4n) is 4.64. The van der Waals surface area contributed by atoms with Crippen molar-refractivity contribution in [2.24, 2.45) is 5.92 Å². The molecular formula is C20H26N2O4. The number of hydrogen-bond donors (Lipinski definition) is 1. The first-order chi connectivity index (χ1) is 12.6. The molecule has 6 nitrogen and oxygen atoms in total. The van der Waals surface area contributed by atoms with Crippen LogP contribution < -0.4 is 14.8 Å². The largest absolute Gasteiger partial charge is 0.454 e. The number of fused-ring (bicyclic) bond motifs is 2. The van der Waals surface area contributed by atoms with Crippen molar-refractivity contribution in [3.8, 4) is 11.5 Å². The number of nitrogens with zero attached hydrogens (tertiary/aromatic N) is 1. The molecule has 0 spiro atoms. The number of ether oxygens (including phenoxy) is 2. The Balaban J connectivity index is 1.47. The van der Waals surface area contributed by atoms with E-state index in [1.54, 1.807) is 12.1 Å². The van der Waals surface area contributed by atoms with Gasteiger partial charge in [-0.2, -0.15) is 0 Å². The first-order valence-corrected chi connectivity index (χ1v) is 9.60. The Morgan fingerprint density at radius 3 is 2.65 bits per heavy atom. The standard InChI is InChI=1S/C20H26N2O4/c1-13(23)15-9-18-19(26-12-25-18)10-16(15)21-20(24)11-22-8-4-6-14-5-2-3-7-17(14)22/h9-10,14,17H,2-8,11-12H2,1H3,(H,21,24)/t14-,17+/m1/s1. The van der Waals surface area contributed by atoms with E-state index >= 15 is 0 Å². The van der Waals surface area contributed by atoms with Gasteiger partial charge >= 0.3 is 0 Å². The minimum Gasteiger partial charge on any atom is -0.454 e. The zero-order valence-corrected chi connectivity index (χ0v) is 15.3. The Labute approximate surface area is 153 Å². The van der Waals surface area contributed by atoms with E-state index in [9.17, 15) is 9.59 Å². The number of amides is 1. The van der Waals surface area contributed by atoms with Crippen LogP contribution in [0.15, 0.2) is 12.1 Å². The Morgan fingerprint density at radius 2 is 1.85 bits per heavy atom. The Hall–Kier alpha value is -2.08. The van der Waals surface area contributed by atoms with Gasteiger partial charge in [0.15, 0.2) is 17.3 Å². The summed E-state index contributed by atoms with van der Waals surface area (Å²) in [6.45, 7) is 2.99. The topological polar surface area (TPSA) is 67.9 Å². The Bertz CT molecular complexity index is 716. The van der Waals surface area contributed by atoms with Gasteiger partial charge in [0.05, 0.1) is 12.2 Å². The molecule has 0 aromatic heterocycles. The number of carbonyl (C=O) groups is 2. The van der Waals surface area contributed by atoms with E-state index in [0.717, 1.165) is 18.9 Å². The van der Waals surface area contributed by atoms with Crippen LogP contribution >= 0.6 is 0 Å². The van der Waals surface area contributed by atoms with Gasteiger partial charge in [0, 0.05) is 17.7 Å². The third-order valence-electron chi connectivity index (χ3n) is 5.87. The van der Waals surface area contributed by atoms with Gasteiger partial charge in [-0.1, -0.05) is 12.8 Å². The molecule has 4 rings (SSSR count). The van der Waals surface area contributed by atoms with Gasteiger partial charge in [-0.25, -0.2) is 0 Å². The van der Waals surface area contributed by atoms with Crippen LogP contribution in [0.3, 0.4) is 0 Å². The van der Waals surface area contributed by atoms with Gasteiger partial charge in [0.2, 0.25) is 12.7 Å². The zero-order valence-electron chi connectivity index (χ0n) is 15.3. The molecule has 1 aromatic carbocycles. The molecule has 1 amide bonds. The highest BCUT2D eigenvalue weighted by atomic mass is 16.7. The molecule has 0 unspecified atom stereocenters. The van der Waals surface area contributed by atoms with Crippen molar-refractivity contribution in [2.45, 2.75) is 51.5 Å². The smallest absolute Gasteiger partial charge is 0.238 e. The molecule has 6 heteroatoms. The minimum absolute atomic E-state index is 0.0717. The summed E-state index contributed by atoms with van der Waals surface area (Å²) in [4.78, 5) is 27.0. The van der Waals surface area contributed by atoms with E-state index in [0.29, 0.717) is 35.3 Å². The van der Waals surface area contributed by atoms with Crippen LogP contribution in [0.5, 0.6) is 11.5 Å². The lowest BCUT2D eigenvalue weighted by atomic mass is 9.78. The summed E-state index contributed by atoms with van der Waals surface area (Å²) in [5.41, 5.74) is 0.959. The van der Waals surface area contributed by atoms with Crippen molar-refractivity contribution in [1.29, 1.82) is 0 Å². The van der Waals surface area contributed by atoms with Crippen LogP contribution in [0.4, 0.5) is 5.69 Å². The first kappa shape index (κ1) is 17.3. The average molecular weight is 358 g/mol. The fraction of sp³-hybridized carbons (Fsp3) is 0.600. The predicted octanol–water partition coefficient (Wildman–Crippen LogP) is 3.21. The van der Waals surface area contributed by atoms with Crippen molar-refractivity contribution in [2.75, 3.05) is 25.2 Å². The van der Waals surface area contributed by atoms with Crippen molar-refractivity contribution >= 4 is 17.4 Å². The molecule has 0 bridgehead atoms. The zero-order chi connectivity index (χ0) is 18.1. The van der Waals surface area contributed by atoms with Crippen molar-refractivity contribution < 1.29 is 19.1 Å². The van der Waals surface area contributed by atoms with Crippen LogP contribution in [0.1, 0.15) is 55.8 Å². The molecular weight excluding hydrogens is 332 g/mol. The van der Waals surface area contributed by atoms with Crippen LogP contribution in [-0.2, 0) is 4.79 Å². The molecule has 0 radical (unpaired) electrons. The summed E-state index contributed by atoms with van der Waals surface area (Å²) < 4.78 is 10.7. The molecule has 1 N–H and O–H groups in total. The van der Waals surface area contributed by atoms with E-state index < -0.39 is 0 Å². The van der Waals surface area contributed by atoms with Crippen LogP contribution in [0.25, 0.3) is 0 Å². The van der Waals surface area contributed by atoms with E-state index in [1.165, 1.54) is 39.0 Å². The molecule has 3 aliphatic rings. The van der Waals surface area contributed by atoms with Crippen molar-refractivity contribution in [3.63, 3.8) is 0 Å². The molecule has 2 heterocycles. The molecule has 140 valence electrons. The van der Waals surface area contributed by atoms with Crippen molar-refractivity contribution in [3.05, 3.63) is 17.7 Å². The number of piperidine rings is 1. The summed E-state index contributed by atoms with van der Waals surface area (Å²) in [6.07, 6.45) is 7.52. The maximum atomic E-state index is 12.7. The number of carbonyl (C=O) groups excluding carboxylic acids is 2. The molecule has 2 aliphatic heterocycles. The quantitative estimate of drug-likeness (QED) is 0.837. The number of hydrogen-bond acceptors (Lipinski definition) is 5. The van der Waals surface area contributed by atoms with Crippen molar-refractivity contribution in [1.82, 2.24) is 4.90 Å². The first-order valence-electron chi connectivity index (χ1n) is 9.60. The fourth-order valence-corrected chi connectivity index (χ4v) is 4.64. The third kappa shape index (κ3) is 3.43. The van der Waals surface area contributed by atoms with E-state index in [2.05, 4.69) is 10.2 Å². The number of anilines is 1. The molecule has 1 aliphatic carbocycles. The summed E-state index contributed by atoms with van der Waals surface area (Å²) in [7, 11) is 0. The minimum atomic E-state index is -0.107. The van der Waals surface area contributed by atoms with E-state index in [4.69, 9.17) is 9.47 Å². The lowest BCUT2D eigenvalue weighted by molar-refractivity contribution is -0.118. The van der Waals surface area contributed by atoms with Gasteiger partial charge in [0.1, 0.15) is 0 Å². The molecule has 2 atom stereocenters. The normalized spacial score (nSPS) is 24.8. The third-order valence-corrected chi connectivity index (χ3v) is 5.87. The molecule has 26 heavy (non-hydrogen) atoms. The summed E-state index contributed by atoms with van der Waals surface area (Å²) >= 11 is 0. The number of rotatable bonds is 4. The highest BCUT2D eigenvalue weighted by Crippen LogP contribution is 2.38. The van der Waals surface area contributed by atoms with Gasteiger partial charge in [0.25, 0.3) is 0 Å². The number of Topliss-reactive ketones (excluding diaryl/α,β-unsaturated/α-hetero) is 1. The van der Waals surface area contributed by atoms with Crippen LogP contribution in [0.2, 0.25) is 0 Å². The number of ketones is 1. The van der Waals surface area contributed by atoms with Crippen LogP contribution in [-0.4, -0.2) is 42.5 Å². The number of nitrogens with one attached hydrogen (secondary N) is 1. The summed E-state index contributed by atoms with van der Waals surface area (Å²) in [6, 6.07) is 3.88. The van der Waals surface area contributed by atoms with Crippen LogP contribution in [0, 0.1) is 5.92 Å². The van der Waals surface area contributed by atoms with E-state index in [-0.39, 0.29) is 18.5 Å². The van der Waals surface area contributed by atoms with E-state index in [1.807, 2.05) is 0 Å². The number of likely N-dealkylation sites (tertiary alicyclic amines) is 1. The molecule has 1 saturated carbocycles. The maximum Gasteiger partial charge on any atom is 0.238 e.